The molecule has 27 nitrogen and oxygen atoms in total. The maximum absolute atomic E-state index is 17.1. The third-order valence-electron chi connectivity index (χ3n) is 25.0. The Balaban J connectivity index is 0.000000182. The van der Waals surface area contributed by atoms with Crippen molar-refractivity contribution >= 4 is 46.9 Å². The van der Waals surface area contributed by atoms with Gasteiger partial charge in [-0.1, -0.05) is 244 Å². The van der Waals surface area contributed by atoms with E-state index in [1.54, 1.807) is 105 Å². The van der Waals surface area contributed by atoms with E-state index in [1.807, 2.05) is 229 Å². The number of hydrogen-bond donors (Lipinski definition) is 1. The number of amides is 5. The molecule has 6 aromatic carbocycles. The number of hydrogen-bond acceptors (Lipinski definition) is 16. The van der Waals surface area contributed by atoms with Crippen LogP contribution >= 0.6 is 11.6 Å². The molecule has 1 N–H and O–H groups in total. The van der Waals surface area contributed by atoms with Crippen LogP contribution in [-0.2, 0) is 55.0 Å². The molecule has 0 spiro atoms. The van der Waals surface area contributed by atoms with Crippen LogP contribution in [0.4, 0.5) is 27.6 Å². The Morgan fingerprint density at radius 3 is 0.915 bits per heavy atom. The molecule has 6 aromatic heterocycles. The van der Waals surface area contributed by atoms with Gasteiger partial charge in [0.2, 0.25) is 0 Å². The summed E-state index contributed by atoms with van der Waals surface area (Å²) in [4.78, 5) is 101. The van der Waals surface area contributed by atoms with Crippen molar-refractivity contribution in [2.45, 2.75) is 236 Å². The van der Waals surface area contributed by atoms with Crippen LogP contribution in [-0.4, -0.2) is 211 Å². The van der Waals surface area contributed by atoms with Crippen LogP contribution in [0.5, 0.6) is 0 Å². The second kappa shape index (κ2) is 44.3. The first-order chi connectivity index (χ1) is 66.5. The van der Waals surface area contributed by atoms with Crippen molar-refractivity contribution in [2.75, 3.05) is 58.9 Å². The molecule has 5 amide bonds. The molecule has 15 rings (SSSR count). The van der Waals surface area contributed by atoms with Gasteiger partial charge in [-0.25, -0.2) is 42.5 Å². The lowest BCUT2D eigenvalue weighted by Crippen LogP contribution is -2.50. The normalized spacial score (nSPS) is 17.4. The predicted octanol–water partition coefficient (Wildman–Crippen LogP) is 22.2. The minimum absolute atomic E-state index is 0.0134. The number of halogens is 4. The van der Waals surface area contributed by atoms with E-state index in [1.165, 1.54) is 20.3 Å². The van der Waals surface area contributed by atoms with E-state index in [0.29, 0.717) is 43.5 Å². The average Bonchev–Trinajstić information content (AvgIpc) is 1.59. The highest BCUT2D eigenvalue weighted by molar-refractivity contribution is 6.67. The Kier molecular flexibility index (Phi) is 33.6. The number of rotatable bonds is 24. The van der Waals surface area contributed by atoms with Gasteiger partial charge < -0.3 is 57.7 Å². The van der Waals surface area contributed by atoms with Crippen LogP contribution in [0.1, 0.15) is 245 Å². The quantitative estimate of drug-likeness (QED) is 0.0435. The van der Waals surface area contributed by atoms with Crippen LogP contribution in [0.25, 0.3) is 33.8 Å². The lowest BCUT2D eigenvalue weighted by molar-refractivity contribution is 0.0127. The molecule has 3 aliphatic rings. The number of aryl methyl sites for hydroxylation is 6. The van der Waals surface area contributed by atoms with Crippen LogP contribution in [0.3, 0.4) is 0 Å². The van der Waals surface area contributed by atoms with E-state index in [9.17, 15) is 28.8 Å². The molecule has 0 saturated carbocycles. The summed E-state index contributed by atoms with van der Waals surface area (Å²) in [5.74, 6) is 1.37. The van der Waals surface area contributed by atoms with Crippen molar-refractivity contribution in [2.24, 2.45) is 37.4 Å². The Morgan fingerprint density at radius 1 is 0.387 bits per heavy atom. The zero-order valence-electron chi connectivity index (χ0n) is 86.9. The number of ether oxygens (including phenoxy) is 3. The molecular formula is C111H142ClF3N18O9. The van der Waals surface area contributed by atoms with Crippen molar-refractivity contribution in [1.82, 2.24) is 87.8 Å². The highest BCUT2D eigenvalue weighted by atomic mass is 35.5. The number of nitrogens with zero attached hydrogens (tertiary/aromatic N) is 17. The second-order valence-corrected chi connectivity index (χ2v) is 44.4. The fourth-order valence-corrected chi connectivity index (χ4v) is 17.9. The molecule has 3 aliphatic heterocycles. The minimum atomic E-state index is -1.88. The Hall–Kier alpha value is -13.0. The van der Waals surface area contributed by atoms with E-state index >= 15 is 13.2 Å². The summed E-state index contributed by atoms with van der Waals surface area (Å²) in [5.41, 5.74) is 3.25. The molecule has 12 aromatic rings. The smallest absolute Gasteiger partial charge is 0.410 e. The summed E-state index contributed by atoms with van der Waals surface area (Å²) in [6.07, 6.45) is 4.93. The number of carbonyl (C=O) groups excluding carboxylic acids is 6. The number of likely N-dealkylation sites (tertiary alicyclic amines) is 3. The van der Waals surface area contributed by atoms with Gasteiger partial charge >= 0.3 is 18.3 Å². The topological polar surface area (TPSA) is 265 Å². The summed E-state index contributed by atoms with van der Waals surface area (Å²) in [6, 6.07) is 63.9. The van der Waals surface area contributed by atoms with E-state index < -0.39 is 92.1 Å². The molecule has 3 fully saturated rings. The van der Waals surface area contributed by atoms with Crippen LogP contribution < -0.4 is 5.32 Å². The maximum atomic E-state index is 17.1. The molecule has 142 heavy (non-hydrogen) atoms. The first-order valence-corrected chi connectivity index (χ1v) is 48.9. The van der Waals surface area contributed by atoms with Gasteiger partial charge in [-0.3, -0.25) is 28.4 Å². The van der Waals surface area contributed by atoms with Gasteiger partial charge in [-0.2, -0.15) is 15.3 Å². The third-order valence-corrected chi connectivity index (χ3v) is 25.2. The van der Waals surface area contributed by atoms with Crippen molar-refractivity contribution in [3.63, 3.8) is 0 Å². The molecule has 9 heterocycles. The zero-order chi connectivity index (χ0) is 104. The summed E-state index contributed by atoms with van der Waals surface area (Å²) in [5, 5.41) is 15.9. The SMILES string of the molecule is CC(C)(C)OC(=O)N1CCC(F)(CN[C@@H](c2nc(-c3ccccc3)cn2Cc2ccccc2)C(C)(C)C)C1.Cc1cc(C(=O)Cl)nn1C.Cc1cc(C(=O)N(C[C@@]2(F)CCN(C(=O)OC(C)(C)C)C2)[C@@H](c2nc(-c3ccccc3)cn2Cc2ccccc2)C(C)(C)C)nn1C.Cc1cc(C(=O)N(C[C@]2(F)CCN(C(=O)OC(C)(C)C)C2)C(c2nc(-c3ccccc3)cn2Cc2ccccc2)C(C)(C)C)nn1C. The first kappa shape index (κ1) is 108. The largest absolute Gasteiger partial charge is 0.444 e. The van der Waals surface area contributed by atoms with Gasteiger partial charge in [0, 0.05) is 139 Å². The van der Waals surface area contributed by atoms with Gasteiger partial charge in [0.05, 0.1) is 67.9 Å². The molecule has 0 radical (unpaired) electrons. The average molecular weight is 1960 g/mol. The lowest BCUT2D eigenvalue weighted by Gasteiger charge is -2.42. The van der Waals surface area contributed by atoms with E-state index in [4.69, 9.17) is 40.8 Å². The summed E-state index contributed by atoms with van der Waals surface area (Å²) < 4.78 is 77.9. The van der Waals surface area contributed by atoms with Gasteiger partial charge in [0.1, 0.15) is 57.0 Å². The molecule has 0 aliphatic carbocycles. The van der Waals surface area contributed by atoms with Gasteiger partial charge in [-0.15, -0.1) is 0 Å². The Labute approximate surface area is 839 Å². The third kappa shape index (κ3) is 28.7. The van der Waals surface area contributed by atoms with Crippen LogP contribution in [0.15, 0.2) is 219 Å². The van der Waals surface area contributed by atoms with Gasteiger partial charge in [0.15, 0.2) is 11.4 Å². The minimum Gasteiger partial charge on any atom is -0.444 e. The second-order valence-electron chi connectivity index (χ2n) is 44.0. The van der Waals surface area contributed by atoms with Crippen molar-refractivity contribution in [1.29, 1.82) is 0 Å². The summed E-state index contributed by atoms with van der Waals surface area (Å²) in [6.45, 7) is 42.1. The molecular weight excluding hydrogens is 1820 g/mol. The standard InChI is InChI=1S/2C37H47FN6O3.C31H41FN4O2.C6H7ClN2O/c2*1-26-21-29(40-41(26)8)33(45)44(25-37(38)19-20-42(24-37)34(46)47-36(5,6)7)31(35(2,3)4)32-39-30(28-17-13-10-14-18-28)23-43(32)22-27-15-11-9-12-16-27;1-29(2,3)26(33-21-31(32)17-18-35(22-31)28(37)38-30(4,5)6)27-34-25(24-15-11-8-12-16-24)20-36(27)19-23-13-9-7-10-14-23;1-4-3-5(6(7)10)8-9(4)2/h2*9-18,21,23,31H,19-20,22,24-25H2,1-8H3;7-16,20,26,33H,17-19,21-22H2,1-6H3;3H,1-2H3/t31?,37-;31-,37+;26-,31?;/m000./s1. The van der Waals surface area contributed by atoms with E-state index in [0.717, 1.165) is 67.8 Å². The molecule has 2 unspecified atom stereocenters. The monoisotopic (exact) mass is 1960 g/mol. The maximum Gasteiger partial charge on any atom is 0.410 e. The van der Waals surface area contributed by atoms with Crippen molar-refractivity contribution in [3.8, 4) is 33.8 Å². The van der Waals surface area contributed by atoms with E-state index in [2.05, 4.69) is 110 Å². The van der Waals surface area contributed by atoms with Crippen LogP contribution in [0.2, 0.25) is 0 Å². The number of alkyl halides is 3. The fourth-order valence-electron chi connectivity index (χ4n) is 17.8. The summed E-state index contributed by atoms with van der Waals surface area (Å²) in [7, 11) is 5.32. The van der Waals surface area contributed by atoms with Gasteiger partial charge in [0.25, 0.3) is 17.1 Å². The summed E-state index contributed by atoms with van der Waals surface area (Å²) >= 11 is 5.17. The number of carbonyl (C=O) groups is 6. The molecule has 6 atom stereocenters. The molecule has 3 saturated heterocycles. The Morgan fingerprint density at radius 2 is 0.655 bits per heavy atom. The van der Waals surface area contributed by atoms with Crippen LogP contribution in [0, 0.1) is 37.0 Å². The number of aromatic nitrogens is 12. The molecule has 31 heteroatoms. The first-order valence-electron chi connectivity index (χ1n) is 48.6. The van der Waals surface area contributed by atoms with E-state index in [-0.39, 0.29) is 94.5 Å². The van der Waals surface area contributed by atoms with Crippen molar-refractivity contribution < 1.29 is 56.1 Å². The van der Waals surface area contributed by atoms with Crippen molar-refractivity contribution in [3.05, 3.63) is 287 Å². The molecule has 0 bridgehead atoms. The zero-order valence-corrected chi connectivity index (χ0v) is 87.7. The highest BCUT2D eigenvalue weighted by Gasteiger charge is 2.52. The number of nitrogens with one attached hydrogen (secondary N) is 1. The lowest BCUT2D eigenvalue weighted by atomic mass is 9.83. The van der Waals surface area contributed by atoms with Gasteiger partial charge in [-0.05, 0) is 146 Å². The number of imidazole rings is 3. The Bertz CT molecular complexity index is 5970. The fraction of sp³-hybridized carbons (Fsp3) is 0.459. The number of benzene rings is 6. The highest BCUT2D eigenvalue weighted by Crippen LogP contribution is 2.46. The molecule has 758 valence electrons. The predicted molar refractivity (Wildman–Crippen MR) is 549 cm³/mol.